The lowest BCUT2D eigenvalue weighted by atomic mass is 10.0. The second-order valence-electron chi connectivity index (χ2n) is 6.18. The minimum atomic E-state index is 0.207. The third-order valence-electron chi connectivity index (χ3n) is 4.55. The lowest BCUT2D eigenvalue weighted by molar-refractivity contribution is -0.131. The first-order valence-corrected chi connectivity index (χ1v) is 8.16. The van der Waals surface area contributed by atoms with Gasteiger partial charge in [0.2, 0.25) is 5.91 Å². The molecule has 1 aliphatic rings. The fourth-order valence-corrected chi connectivity index (χ4v) is 3.22. The standard InChI is InChI=1S/C20H23NO2/c1-15-5-9-17(10-6-15)19-4-3-13-21(19)20(22)14-16-7-11-18(23-2)12-8-16/h5-12,19H,3-4,13-14H2,1-2H3. The van der Waals surface area contributed by atoms with Crippen molar-refractivity contribution in [3.05, 3.63) is 65.2 Å². The van der Waals surface area contributed by atoms with Crippen LogP contribution in [0.25, 0.3) is 0 Å². The summed E-state index contributed by atoms with van der Waals surface area (Å²) in [7, 11) is 1.65. The summed E-state index contributed by atoms with van der Waals surface area (Å²) >= 11 is 0. The molecule has 2 aromatic carbocycles. The fourth-order valence-electron chi connectivity index (χ4n) is 3.22. The van der Waals surface area contributed by atoms with Gasteiger partial charge in [-0.15, -0.1) is 0 Å². The molecule has 0 aliphatic carbocycles. The Kier molecular flexibility index (Phi) is 4.65. The molecule has 1 unspecified atom stereocenters. The number of methoxy groups -OCH3 is 1. The van der Waals surface area contributed by atoms with E-state index in [0.717, 1.165) is 30.7 Å². The molecule has 1 aliphatic heterocycles. The van der Waals surface area contributed by atoms with Gasteiger partial charge in [0.05, 0.1) is 19.6 Å². The summed E-state index contributed by atoms with van der Waals surface area (Å²) in [6.45, 7) is 2.94. The number of rotatable bonds is 4. The van der Waals surface area contributed by atoms with Crippen molar-refractivity contribution in [2.45, 2.75) is 32.2 Å². The zero-order valence-electron chi connectivity index (χ0n) is 13.8. The molecule has 3 heteroatoms. The van der Waals surface area contributed by atoms with Crippen molar-refractivity contribution in [3.63, 3.8) is 0 Å². The van der Waals surface area contributed by atoms with Gasteiger partial charge in [-0.05, 0) is 43.0 Å². The monoisotopic (exact) mass is 309 g/mol. The van der Waals surface area contributed by atoms with E-state index in [4.69, 9.17) is 4.74 Å². The first-order valence-electron chi connectivity index (χ1n) is 8.16. The largest absolute Gasteiger partial charge is 0.497 e. The molecular formula is C20H23NO2. The van der Waals surface area contributed by atoms with Gasteiger partial charge in [-0.2, -0.15) is 0 Å². The predicted octanol–water partition coefficient (Wildman–Crippen LogP) is 3.91. The molecular weight excluding hydrogens is 286 g/mol. The third kappa shape index (κ3) is 3.55. The van der Waals surface area contributed by atoms with E-state index in [1.165, 1.54) is 11.1 Å². The molecule has 0 saturated carbocycles. The Morgan fingerprint density at radius 3 is 2.48 bits per heavy atom. The summed E-state index contributed by atoms with van der Waals surface area (Å²) in [6, 6.07) is 16.5. The summed E-state index contributed by atoms with van der Waals surface area (Å²) in [5.41, 5.74) is 3.53. The highest BCUT2D eigenvalue weighted by Crippen LogP contribution is 2.32. The molecule has 1 amide bonds. The summed E-state index contributed by atoms with van der Waals surface area (Å²) < 4.78 is 5.16. The number of likely N-dealkylation sites (tertiary alicyclic amines) is 1. The summed E-state index contributed by atoms with van der Waals surface area (Å²) in [5, 5.41) is 0. The van der Waals surface area contributed by atoms with Crippen LogP contribution in [-0.2, 0) is 11.2 Å². The van der Waals surface area contributed by atoms with Gasteiger partial charge >= 0.3 is 0 Å². The Morgan fingerprint density at radius 2 is 1.83 bits per heavy atom. The highest BCUT2D eigenvalue weighted by Gasteiger charge is 2.29. The molecule has 0 radical (unpaired) electrons. The van der Waals surface area contributed by atoms with Gasteiger partial charge in [-0.3, -0.25) is 4.79 Å². The minimum Gasteiger partial charge on any atom is -0.497 e. The number of amides is 1. The van der Waals surface area contributed by atoms with Gasteiger partial charge in [-0.25, -0.2) is 0 Å². The van der Waals surface area contributed by atoms with E-state index in [-0.39, 0.29) is 11.9 Å². The molecule has 1 atom stereocenters. The normalized spacial score (nSPS) is 17.3. The van der Waals surface area contributed by atoms with Crippen molar-refractivity contribution in [2.75, 3.05) is 13.7 Å². The van der Waals surface area contributed by atoms with Crippen LogP contribution in [0.15, 0.2) is 48.5 Å². The van der Waals surface area contributed by atoms with Crippen molar-refractivity contribution < 1.29 is 9.53 Å². The Balaban J connectivity index is 1.71. The highest BCUT2D eigenvalue weighted by atomic mass is 16.5. The first kappa shape index (κ1) is 15.6. The van der Waals surface area contributed by atoms with Gasteiger partial charge in [-0.1, -0.05) is 42.0 Å². The molecule has 0 spiro atoms. The van der Waals surface area contributed by atoms with Crippen LogP contribution >= 0.6 is 0 Å². The fraction of sp³-hybridized carbons (Fsp3) is 0.350. The second-order valence-corrected chi connectivity index (χ2v) is 6.18. The van der Waals surface area contributed by atoms with Crippen molar-refractivity contribution in [2.24, 2.45) is 0 Å². The van der Waals surface area contributed by atoms with Gasteiger partial charge in [0, 0.05) is 6.54 Å². The number of benzene rings is 2. The van der Waals surface area contributed by atoms with Crippen LogP contribution in [-0.4, -0.2) is 24.5 Å². The van der Waals surface area contributed by atoms with Crippen LogP contribution in [0.1, 0.15) is 35.6 Å². The number of ether oxygens (including phenoxy) is 1. The Morgan fingerprint density at radius 1 is 1.13 bits per heavy atom. The van der Waals surface area contributed by atoms with E-state index >= 15 is 0 Å². The maximum absolute atomic E-state index is 12.7. The number of carbonyl (C=O) groups excluding carboxylic acids is 1. The number of aryl methyl sites for hydroxylation is 1. The van der Waals surface area contributed by atoms with Gasteiger partial charge in [0.1, 0.15) is 5.75 Å². The number of nitrogens with zero attached hydrogens (tertiary/aromatic N) is 1. The molecule has 0 N–H and O–H groups in total. The third-order valence-corrected chi connectivity index (χ3v) is 4.55. The molecule has 3 rings (SSSR count). The van der Waals surface area contributed by atoms with E-state index in [0.29, 0.717) is 6.42 Å². The Hall–Kier alpha value is -2.29. The molecule has 1 fully saturated rings. The van der Waals surface area contributed by atoms with Crippen molar-refractivity contribution in [1.82, 2.24) is 4.90 Å². The zero-order chi connectivity index (χ0) is 16.2. The van der Waals surface area contributed by atoms with Crippen molar-refractivity contribution in [1.29, 1.82) is 0 Å². The van der Waals surface area contributed by atoms with Crippen LogP contribution in [0.3, 0.4) is 0 Å². The van der Waals surface area contributed by atoms with Crippen LogP contribution in [0.4, 0.5) is 0 Å². The average molecular weight is 309 g/mol. The van der Waals surface area contributed by atoms with Crippen LogP contribution in [0.2, 0.25) is 0 Å². The molecule has 0 aromatic heterocycles. The lowest BCUT2D eigenvalue weighted by Crippen LogP contribution is -2.31. The average Bonchev–Trinajstić information content (AvgIpc) is 3.06. The van der Waals surface area contributed by atoms with Gasteiger partial charge < -0.3 is 9.64 Å². The van der Waals surface area contributed by atoms with Gasteiger partial charge in [0.25, 0.3) is 0 Å². The Labute approximate surface area is 137 Å². The predicted molar refractivity (Wildman–Crippen MR) is 91.6 cm³/mol. The number of hydrogen-bond acceptors (Lipinski definition) is 2. The van der Waals surface area contributed by atoms with E-state index in [1.54, 1.807) is 7.11 Å². The van der Waals surface area contributed by atoms with E-state index in [2.05, 4.69) is 31.2 Å². The molecule has 120 valence electrons. The number of carbonyl (C=O) groups is 1. The Bertz CT molecular complexity index is 661. The summed E-state index contributed by atoms with van der Waals surface area (Å²) in [4.78, 5) is 14.8. The molecule has 3 nitrogen and oxygen atoms in total. The highest BCUT2D eigenvalue weighted by molar-refractivity contribution is 5.79. The molecule has 1 heterocycles. The number of hydrogen-bond donors (Lipinski definition) is 0. The summed E-state index contributed by atoms with van der Waals surface area (Å²) in [5.74, 6) is 1.03. The zero-order valence-corrected chi connectivity index (χ0v) is 13.8. The second kappa shape index (κ2) is 6.86. The summed E-state index contributed by atoms with van der Waals surface area (Å²) in [6.07, 6.45) is 2.58. The quantitative estimate of drug-likeness (QED) is 0.857. The van der Waals surface area contributed by atoms with Crippen molar-refractivity contribution in [3.8, 4) is 5.75 Å². The van der Waals surface area contributed by atoms with E-state index < -0.39 is 0 Å². The SMILES string of the molecule is COc1ccc(CC(=O)N2CCCC2c2ccc(C)cc2)cc1. The van der Waals surface area contributed by atoms with Crippen LogP contribution in [0, 0.1) is 6.92 Å². The molecule has 1 saturated heterocycles. The van der Waals surface area contributed by atoms with Crippen LogP contribution in [0.5, 0.6) is 5.75 Å². The van der Waals surface area contributed by atoms with Gasteiger partial charge in [0.15, 0.2) is 0 Å². The molecule has 2 aromatic rings. The lowest BCUT2D eigenvalue weighted by Gasteiger charge is -2.25. The van der Waals surface area contributed by atoms with Crippen molar-refractivity contribution >= 4 is 5.91 Å². The molecule has 0 bridgehead atoms. The van der Waals surface area contributed by atoms with Crippen LogP contribution < -0.4 is 4.74 Å². The van der Waals surface area contributed by atoms with E-state index in [1.807, 2.05) is 29.2 Å². The smallest absolute Gasteiger partial charge is 0.227 e. The maximum atomic E-state index is 12.7. The minimum absolute atomic E-state index is 0.207. The topological polar surface area (TPSA) is 29.5 Å². The first-order chi connectivity index (χ1) is 11.2. The van der Waals surface area contributed by atoms with E-state index in [9.17, 15) is 4.79 Å². The maximum Gasteiger partial charge on any atom is 0.227 e. The molecule has 23 heavy (non-hydrogen) atoms.